The Morgan fingerprint density at radius 3 is 2.35 bits per heavy atom. The fraction of sp³-hybridized carbons (Fsp3) is 0.278. The minimum absolute atomic E-state index is 0.0466. The van der Waals surface area contributed by atoms with Crippen LogP contribution < -0.4 is 10.2 Å². The molecule has 1 saturated heterocycles. The van der Waals surface area contributed by atoms with Crippen molar-refractivity contribution in [1.29, 1.82) is 0 Å². The molecule has 0 bridgehead atoms. The summed E-state index contributed by atoms with van der Waals surface area (Å²) in [5, 5.41) is 2.96. The zero-order valence-corrected chi connectivity index (χ0v) is 15.2. The van der Waals surface area contributed by atoms with Gasteiger partial charge in [-0.1, -0.05) is 28.1 Å². The van der Waals surface area contributed by atoms with E-state index in [4.69, 9.17) is 0 Å². The summed E-state index contributed by atoms with van der Waals surface area (Å²) in [4.78, 5) is 14.5. The Labute approximate surface area is 149 Å². The summed E-state index contributed by atoms with van der Waals surface area (Å²) in [6, 6.07) is 15.9. The molecule has 1 aliphatic heterocycles. The van der Waals surface area contributed by atoms with Crippen LogP contribution in [0.1, 0.15) is 15.9 Å². The van der Waals surface area contributed by atoms with Crippen LogP contribution >= 0.6 is 27.7 Å². The Balaban J connectivity index is 1.55. The van der Waals surface area contributed by atoms with E-state index in [9.17, 15) is 4.79 Å². The van der Waals surface area contributed by atoms with Gasteiger partial charge in [0.05, 0.1) is 0 Å². The quantitative estimate of drug-likeness (QED) is 0.857. The molecule has 0 saturated carbocycles. The van der Waals surface area contributed by atoms with Crippen molar-refractivity contribution in [3.63, 3.8) is 0 Å². The summed E-state index contributed by atoms with van der Waals surface area (Å²) in [5.41, 5.74) is 3.06. The van der Waals surface area contributed by atoms with Gasteiger partial charge in [0, 0.05) is 46.9 Å². The second-order valence-corrected chi connectivity index (χ2v) is 7.60. The van der Waals surface area contributed by atoms with Crippen LogP contribution in [0.4, 0.5) is 5.69 Å². The third-order valence-electron chi connectivity index (χ3n) is 3.87. The highest BCUT2D eigenvalue weighted by atomic mass is 79.9. The Morgan fingerprint density at radius 1 is 1.04 bits per heavy atom. The van der Waals surface area contributed by atoms with Crippen molar-refractivity contribution < 1.29 is 4.79 Å². The van der Waals surface area contributed by atoms with Crippen molar-refractivity contribution >= 4 is 39.3 Å². The van der Waals surface area contributed by atoms with Gasteiger partial charge in [-0.2, -0.15) is 11.8 Å². The standard InChI is InChI=1S/C18H19BrN2OS/c19-16-5-3-15(4-6-16)18(22)20-13-14-1-7-17(8-2-14)21-9-11-23-12-10-21/h1-8H,9-13H2,(H,20,22). The van der Waals surface area contributed by atoms with Gasteiger partial charge in [-0.05, 0) is 42.0 Å². The summed E-state index contributed by atoms with van der Waals surface area (Å²) in [6.45, 7) is 2.78. The van der Waals surface area contributed by atoms with Crippen molar-refractivity contribution in [3.05, 3.63) is 64.1 Å². The summed E-state index contributed by atoms with van der Waals surface area (Å²) in [7, 11) is 0. The van der Waals surface area contributed by atoms with Gasteiger partial charge in [0.2, 0.25) is 0 Å². The molecule has 0 spiro atoms. The molecule has 23 heavy (non-hydrogen) atoms. The lowest BCUT2D eigenvalue weighted by Gasteiger charge is -2.28. The van der Waals surface area contributed by atoms with Crippen LogP contribution in [0, 0.1) is 0 Å². The minimum Gasteiger partial charge on any atom is -0.370 e. The lowest BCUT2D eigenvalue weighted by atomic mass is 10.1. The first-order chi connectivity index (χ1) is 11.2. The Bertz CT molecular complexity index is 652. The lowest BCUT2D eigenvalue weighted by Crippen LogP contribution is -2.32. The van der Waals surface area contributed by atoms with Gasteiger partial charge in [0.25, 0.3) is 5.91 Å². The molecule has 120 valence electrons. The molecule has 1 fully saturated rings. The van der Waals surface area contributed by atoms with Crippen LogP contribution in [0.5, 0.6) is 0 Å². The maximum Gasteiger partial charge on any atom is 0.251 e. The maximum absolute atomic E-state index is 12.1. The number of carbonyl (C=O) groups excluding carboxylic acids is 1. The highest BCUT2D eigenvalue weighted by molar-refractivity contribution is 9.10. The number of carbonyl (C=O) groups is 1. The molecule has 3 nitrogen and oxygen atoms in total. The van der Waals surface area contributed by atoms with Crippen LogP contribution in [0.2, 0.25) is 0 Å². The summed E-state index contributed by atoms with van der Waals surface area (Å²) < 4.78 is 0.973. The molecule has 1 N–H and O–H groups in total. The number of benzene rings is 2. The Morgan fingerprint density at radius 2 is 1.70 bits per heavy atom. The first-order valence-electron chi connectivity index (χ1n) is 7.68. The molecule has 0 atom stereocenters. The molecule has 1 aliphatic rings. The average Bonchev–Trinajstić information content (AvgIpc) is 2.61. The zero-order valence-electron chi connectivity index (χ0n) is 12.8. The van der Waals surface area contributed by atoms with Gasteiger partial charge >= 0.3 is 0 Å². The summed E-state index contributed by atoms with van der Waals surface area (Å²) in [5.74, 6) is 2.35. The van der Waals surface area contributed by atoms with E-state index in [-0.39, 0.29) is 5.91 Å². The second kappa shape index (κ2) is 7.88. The third-order valence-corrected chi connectivity index (χ3v) is 5.34. The van der Waals surface area contributed by atoms with Gasteiger partial charge in [0.15, 0.2) is 0 Å². The fourth-order valence-corrected chi connectivity index (χ4v) is 3.70. The van der Waals surface area contributed by atoms with Crippen LogP contribution in [0.3, 0.4) is 0 Å². The van der Waals surface area contributed by atoms with Crippen LogP contribution in [0.25, 0.3) is 0 Å². The lowest BCUT2D eigenvalue weighted by molar-refractivity contribution is 0.0951. The van der Waals surface area contributed by atoms with E-state index in [0.717, 1.165) is 23.1 Å². The molecule has 2 aromatic carbocycles. The molecule has 1 amide bonds. The number of anilines is 1. The normalized spacial score (nSPS) is 14.6. The molecular formula is C18H19BrN2OS. The van der Waals surface area contributed by atoms with Crippen LogP contribution in [-0.4, -0.2) is 30.5 Å². The predicted molar refractivity (Wildman–Crippen MR) is 101 cm³/mol. The second-order valence-electron chi connectivity index (χ2n) is 5.46. The SMILES string of the molecule is O=C(NCc1ccc(N2CCSCC2)cc1)c1ccc(Br)cc1. The number of nitrogens with one attached hydrogen (secondary N) is 1. The first kappa shape index (κ1) is 16.4. The molecule has 1 heterocycles. The van der Waals surface area contributed by atoms with E-state index in [1.807, 2.05) is 36.0 Å². The van der Waals surface area contributed by atoms with E-state index < -0.39 is 0 Å². The largest absolute Gasteiger partial charge is 0.370 e. The monoisotopic (exact) mass is 390 g/mol. The van der Waals surface area contributed by atoms with E-state index in [2.05, 4.69) is 50.4 Å². The number of hydrogen-bond acceptors (Lipinski definition) is 3. The number of thioether (sulfide) groups is 1. The van der Waals surface area contributed by atoms with Crippen molar-refractivity contribution in [2.24, 2.45) is 0 Å². The van der Waals surface area contributed by atoms with E-state index in [1.54, 1.807) is 0 Å². The highest BCUT2D eigenvalue weighted by Crippen LogP contribution is 2.20. The van der Waals surface area contributed by atoms with Gasteiger partial charge in [-0.3, -0.25) is 4.79 Å². The number of halogens is 1. The Hall–Kier alpha value is -1.46. The van der Waals surface area contributed by atoms with Gasteiger partial charge in [0.1, 0.15) is 0 Å². The molecule has 3 rings (SSSR count). The molecular weight excluding hydrogens is 372 g/mol. The first-order valence-corrected chi connectivity index (χ1v) is 9.62. The minimum atomic E-state index is -0.0466. The average molecular weight is 391 g/mol. The summed E-state index contributed by atoms with van der Waals surface area (Å²) >= 11 is 5.39. The zero-order chi connectivity index (χ0) is 16.1. The van der Waals surface area contributed by atoms with Crippen molar-refractivity contribution in [3.8, 4) is 0 Å². The molecule has 0 unspecified atom stereocenters. The van der Waals surface area contributed by atoms with Crippen molar-refractivity contribution in [2.75, 3.05) is 29.5 Å². The topological polar surface area (TPSA) is 32.3 Å². The van der Waals surface area contributed by atoms with Gasteiger partial charge in [-0.25, -0.2) is 0 Å². The van der Waals surface area contributed by atoms with Crippen LogP contribution in [-0.2, 0) is 6.54 Å². The van der Waals surface area contributed by atoms with E-state index in [1.165, 1.54) is 17.2 Å². The number of rotatable bonds is 4. The fourth-order valence-electron chi connectivity index (χ4n) is 2.53. The third kappa shape index (κ3) is 4.52. The van der Waals surface area contributed by atoms with E-state index in [0.29, 0.717) is 12.1 Å². The molecule has 0 aromatic heterocycles. The smallest absolute Gasteiger partial charge is 0.251 e. The van der Waals surface area contributed by atoms with E-state index >= 15 is 0 Å². The highest BCUT2D eigenvalue weighted by Gasteiger charge is 2.11. The molecule has 0 aliphatic carbocycles. The van der Waals surface area contributed by atoms with Gasteiger partial charge in [-0.15, -0.1) is 0 Å². The van der Waals surface area contributed by atoms with Crippen molar-refractivity contribution in [1.82, 2.24) is 5.32 Å². The van der Waals surface area contributed by atoms with Gasteiger partial charge < -0.3 is 10.2 Å². The van der Waals surface area contributed by atoms with Crippen molar-refractivity contribution in [2.45, 2.75) is 6.54 Å². The number of hydrogen-bond donors (Lipinski definition) is 1. The van der Waals surface area contributed by atoms with Crippen LogP contribution in [0.15, 0.2) is 53.0 Å². The number of nitrogens with zero attached hydrogens (tertiary/aromatic N) is 1. The Kier molecular flexibility index (Phi) is 5.62. The molecule has 2 aromatic rings. The predicted octanol–water partition coefficient (Wildman–Crippen LogP) is 3.93. The molecule has 5 heteroatoms. The maximum atomic E-state index is 12.1. The molecule has 0 radical (unpaired) electrons. The number of amides is 1. The summed E-state index contributed by atoms with van der Waals surface area (Å²) in [6.07, 6.45) is 0.